The van der Waals surface area contributed by atoms with Crippen LogP contribution in [0.25, 0.3) is 5.65 Å². The molecule has 0 saturated carbocycles. The number of guanidine groups is 1. The Balaban J connectivity index is 1.60. The fourth-order valence-corrected chi connectivity index (χ4v) is 2.42. The molecule has 3 rings (SSSR count). The molecule has 4 N–H and O–H groups in total. The number of nitrogens with one attached hydrogen (secondary N) is 2. The highest BCUT2D eigenvalue weighted by Crippen LogP contribution is 2.05. The van der Waals surface area contributed by atoms with Crippen molar-refractivity contribution in [3.05, 3.63) is 65.6 Å². The zero-order valence-electron chi connectivity index (χ0n) is 13.8. The summed E-state index contributed by atoms with van der Waals surface area (Å²) >= 11 is 0. The number of hydrogen-bond acceptors (Lipinski definition) is 4. The van der Waals surface area contributed by atoms with Crippen LogP contribution in [0.5, 0.6) is 0 Å². The average molecular weight is 337 g/mol. The van der Waals surface area contributed by atoms with Gasteiger partial charge in [0.2, 0.25) is 5.91 Å². The third kappa shape index (κ3) is 3.92. The minimum atomic E-state index is -0.442. The van der Waals surface area contributed by atoms with Crippen LogP contribution in [-0.2, 0) is 13.1 Å². The minimum Gasteiger partial charge on any atom is -0.366 e. The van der Waals surface area contributed by atoms with E-state index in [1.165, 1.54) is 0 Å². The topological polar surface area (TPSA) is 110 Å². The summed E-state index contributed by atoms with van der Waals surface area (Å²) in [5, 5.41) is 14.7. The number of primary amides is 1. The van der Waals surface area contributed by atoms with Crippen molar-refractivity contribution >= 4 is 17.5 Å². The van der Waals surface area contributed by atoms with Gasteiger partial charge in [-0.05, 0) is 29.8 Å². The third-order valence-electron chi connectivity index (χ3n) is 3.69. The van der Waals surface area contributed by atoms with Gasteiger partial charge in [-0.15, -0.1) is 10.2 Å². The van der Waals surface area contributed by atoms with Gasteiger partial charge in [0.05, 0.1) is 6.54 Å². The highest BCUT2D eigenvalue weighted by molar-refractivity contribution is 5.92. The summed E-state index contributed by atoms with van der Waals surface area (Å²) in [5.41, 5.74) is 7.52. The maximum absolute atomic E-state index is 11.2. The molecule has 0 aliphatic heterocycles. The molecule has 0 aliphatic carbocycles. The van der Waals surface area contributed by atoms with Crippen molar-refractivity contribution in [2.45, 2.75) is 13.1 Å². The lowest BCUT2D eigenvalue weighted by atomic mass is 10.1. The molecule has 2 aromatic heterocycles. The van der Waals surface area contributed by atoms with E-state index in [4.69, 9.17) is 5.73 Å². The van der Waals surface area contributed by atoms with Gasteiger partial charge in [0, 0.05) is 25.4 Å². The molecule has 25 heavy (non-hydrogen) atoms. The Hall–Kier alpha value is -3.42. The molecule has 8 heteroatoms. The first-order valence-corrected chi connectivity index (χ1v) is 7.79. The predicted octanol–water partition coefficient (Wildman–Crippen LogP) is 0.693. The number of nitrogens with two attached hydrogens (primary N) is 1. The first-order chi connectivity index (χ1) is 12.2. The van der Waals surface area contributed by atoms with Crippen LogP contribution in [0.1, 0.15) is 21.7 Å². The second-order valence-corrected chi connectivity index (χ2v) is 5.39. The van der Waals surface area contributed by atoms with E-state index in [-0.39, 0.29) is 0 Å². The van der Waals surface area contributed by atoms with Crippen molar-refractivity contribution in [1.29, 1.82) is 0 Å². The van der Waals surface area contributed by atoms with E-state index in [0.29, 0.717) is 24.6 Å². The zero-order chi connectivity index (χ0) is 17.6. The summed E-state index contributed by atoms with van der Waals surface area (Å²) in [6, 6.07) is 12.9. The van der Waals surface area contributed by atoms with Gasteiger partial charge in [0.1, 0.15) is 0 Å². The van der Waals surface area contributed by atoms with Gasteiger partial charge in [0.25, 0.3) is 0 Å². The fourth-order valence-electron chi connectivity index (χ4n) is 2.42. The van der Waals surface area contributed by atoms with Crippen LogP contribution >= 0.6 is 0 Å². The minimum absolute atomic E-state index is 0.442. The average Bonchev–Trinajstić information content (AvgIpc) is 3.05. The Kier molecular flexibility index (Phi) is 4.89. The summed E-state index contributed by atoms with van der Waals surface area (Å²) in [7, 11) is 1.69. The Morgan fingerprint density at radius 3 is 2.80 bits per heavy atom. The lowest BCUT2D eigenvalue weighted by Crippen LogP contribution is -2.36. The summed E-state index contributed by atoms with van der Waals surface area (Å²) < 4.78 is 1.91. The number of pyridine rings is 1. The molecule has 0 unspecified atom stereocenters. The third-order valence-corrected chi connectivity index (χ3v) is 3.69. The van der Waals surface area contributed by atoms with E-state index in [1.807, 2.05) is 34.9 Å². The van der Waals surface area contributed by atoms with E-state index in [1.54, 1.807) is 25.2 Å². The molecule has 2 heterocycles. The number of carbonyl (C=O) groups excluding carboxylic acids is 1. The number of aromatic nitrogens is 3. The molecule has 0 fully saturated rings. The van der Waals surface area contributed by atoms with Gasteiger partial charge in [-0.3, -0.25) is 14.2 Å². The second kappa shape index (κ2) is 7.43. The molecule has 0 atom stereocenters. The number of rotatable bonds is 5. The Labute approximate surface area is 144 Å². The molecule has 0 radical (unpaired) electrons. The highest BCUT2D eigenvalue weighted by atomic mass is 16.1. The fraction of sp³-hybridized carbons (Fsp3) is 0.176. The first kappa shape index (κ1) is 16.4. The van der Waals surface area contributed by atoms with Gasteiger partial charge in [-0.1, -0.05) is 18.2 Å². The van der Waals surface area contributed by atoms with Crippen molar-refractivity contribution in [1.82, 2.24) is 25.2 Å². The number of hydrogen-bond donors (Lipinski definition) is 3. The molecule has 1 aromatic carbocycles. The van der Waals surface area contributed by atoms with Crippen LogP contribution < -0.4 is 16.4 Å². The SMILES string of the molecule is CN=C(NCc1cccc(C(N)=O)c1)NCc1nnc2ccccn12. The first-order valence-electron chi connectivity index (χ1n) is 7.79. The van der Waals surface area contributed by atoms with Crippen LogP contribution in [0.3, 0.4) is 0 Å². The number of aliphatic imine (C=N–C) groups is 1. The van der Waals surface area contributed by atoms with E-state index in [9.17, 15) is 4.79 Å². The van der Waals surface area contributed by atoms with E-state index in [0.717, 1.165) is 17.0 Å². The molecule has 0 aliphatic rings. The number of carbonyl (C=O) groups is 1. The quantitative estimate of drug-likeness (QED) is 0.469. The molecule has 0 spiro atoms. The normalized spacial score (nSPS) is 11.5. The van der Waals surface area contributed by atoms with Crippen LogP contribution in [-0.4, -0.2) is 33.5 Å². The van der Waals surface area contributed by atoms with Gasteiger partial charge >= 0.3 is 0 Å². The van der Waals surface area contributed by atoms with E-state index < -0.39 is 5.91 Å². The van der Waals surface area contributed by atoms with Crippen molar-refractivity contribution in [3.63, 3.8) is 0 Å². The van der Waals surface area contributed by atoms with Crippen LogP contribution in [0, 0.1) is 0 Å². The number of amides is 1. The van der Waals surface area contributed by atoms with Crippen molar-refractivity contribution in [2.24, 2.45) is 10.7 Å². The summed E-state index contributed by atoms with van der Waals surface area (Å²) in [6.45, 7) is 0.994. The Morgan fingerprint density at radius 1 is 1.16 bits per heavy atom. The van der Waals surface area contributed by atoms with Crippen LogP contribution in [0.2, 0.25) is 0 Å². The molecule has 3 aromatic rings. The lowest BCUT2D eigenvalue weighted by Gasteiger charge is -2.11. The molecule has 1 amide bonds. The van der Waals surface area contributed by atoms with Crippen molar-refractivity contribution in [3.8, 4) is 0 Å². The van der Waals surface area contributed by atoms with Gasteiger partial charge in [-0.25, -0.2) is 0 Å². The molecule has 8 nitrogen and oxygen atoms in total. The maximum atomic E-state index is 11.2. The van der Waals surface area contributed by atoms with Crippen LogP contribution in [0.4, 0.5) is 0 Å². The van der Waals surface area contributed by atoms with E-state index >= 15 is 0 Å². The maximum Gasteiger partial charge on any atom is 0.248 e. The number of benzene rings is 1. The predicted molar refractivity (Wildman–Crippen MR) is 95.0 cm³/mol. The van der Waals surface area contributed by atoms with Gasteiger partial charge in [0.15, 0.2) is 17.4 Å². The van der Waals surface area contributed by atoms with E-state index in [2.05, 4.69) is 25.8 Å². The smallest absolute Gasteiger partial charge is 0.248 e. The highest BCUT2D eigenvalue weighted by Gasteiger charge is 2.06. The molecular weight excluding hydrogens is 318 g/mol. The van der Waals surface area contributed by atoms with Crippen molar-refractivity contribution < 1.29 is 4.79 Å². The van der Waals surface area contributed by atoms with Crippen molar-refractivity contribution in [2.75, 3.05) is 7.05 Å². The lowest BCUT2D eigenvalue weighted by molar-refractivity contribution is 0.1000. The molecular formula is C17H19N7O. The van der Waals surface area contributed by atoms with Crippen LogP contribution in [0.15, 0.2) is 53.7 Å². The molecule has 0 bridgehead atoms. The summed E-state index contributed by atoms with van der Waals surface area (Å²) in [4.78, 5) is 15.4. The van der Waals surface area contributed by atoms with Gasteiger partial charge < -0.3 is 16.4 Å². The standard InChI is InChI=1S/C17H19N7O/c1-19-17(20-10-12-5-4-6-13(9-12)16(18)25)21-11-15-23-22-14-7-2-3-8-24(14)15/h2-9H,10-11H2,1H3,(H2,18,25)(H2,19,20,21). The second-order valence-electron chi connectivity index (χ2n) is 5.39. The Bertz CT molecular complexity index is 916. The molecule has 0 saturated heterocycles. The number of fused-ring (bicyclic) bond motifs is 1. The monoisotopic (exact) mass is 337 g/mol. The number of nitrogens with zero attached hydrogens (tertiary/aromatic N) is 4. The summed E-state index contributed by atoms with van der Waals surface area (Å²) in [5.74, 6) is 0.967. The van der Waals surface area contributed by atoms with Gasteiger partial charge in [-0.2, -0.15) is 0 Å². The zero-order valence-corrected chi connectivity index (χ0v) is 13.8. The largest absolute Gasteiger partial charge is 0.366 e. The summed E-state index contributed by atoms with van der Waals surface area (Å²) in [6.07, 6.45) is 1.91. The Morgan fingerprint density at radius 2 is 2.00 bits per heavy atom. The molecule has 128 valence electrons.